The van der Waals surface area contributed by atoms with Gasteiger partial charge in [-0.15, -0.1) is 11.3 Å². The molecule has 3 heterocycles. The lowest BCUT2D eigenvalue weighted by Gasteiger charge is -2.31. The summed E-state index contributed by atoms with van der Waals surface area (Å²) in [5.41, 5.74) is 3.19. The average molecular weight is 371 g/mol. The summed E-state index contributed by atoms with van der Waals surface area (Å²) >= 11 is 1.39. The molecule has 1 aromatic carbocycles. The maximum atomic E-state index is 12.8. The number of carbonyl (C=O) groups is 3. The maximum absolute atomic E-state index is 12.8. The van der Waals surface area contributed by atoms with E-state index in [0.717, 1.165) is 0 Å². The lowest BCUT2D eigenvalue weighted by molar-refractivity contribution is -0.118. The Bertz CT molecular complexity index is 857. The van der Waals surface area contributed by atoms with Crippen molar-refractivity contribution in [2.24, 2.45) is 5.92 Å². The van der Waals surface area contributed by atoms with Gasteiger partial charge in [0.2, 0.25) is 0 Å². The minimum absolute atomic E-state index is 0.00817. The normalized spacial score (nSPS) is 17.2. The van der Waals surface area contributed by atoms with Crippen molar-refractivity contribution in [1.29, 1.82) is 0 Å². The van der Waals surface area contributed by atoms with Crippen LogP contribution in [-0.2, 0) is 4.79 Å². The summed E-state index contributed by atoms with van der Waals surface area (Å²) < 4.78 is 5.32. The molecule has 2 aliphatic rings. The third-order valence-corrected chi connectivity index (χ3v) is 5.29. The number of likely N-dealkylation sites (tertiary alicyclic amines) is 1. The van der Waals surface area contributed by atoms with Crippen LogP contribution in [0.25, 0.3) is 0 Å². The molecule has 2 aromatic rings. The number of nitrogens with one attached hydrogen (secondary N) is 1. The van der Waals surface area contributed by atoms with Gasteiger partial charge < -0.3 is 15.0 Å². The zero-order valence-electron chi connectivity index (χ0n) is 13.9. The first-order chi connectivity index (χ1) is 12.6. The van der Waals surface area contributed by atoms with Gasteiger partial charge in [0, 0.05) is 30.0 Å². The summed E-state index contributed by atoms with van der Waals surface area (Å²) in [6.07, 6.45) is 1.24. The van der Waals surface area contributed by atoms with Crippen LogP contribution < -0.4 is 10.1 Å². The Morgan fingerprint density at radius 2 is 2.08 bits per heavy atom. The number of rotatable bonds is 3. The number of nitrogens with zero attached hydrogens (tertiary/aromatic N) is 2. The number of aromatic nitrogens is 1. The molecular weight excluding hydrogens is 354 g/mol. The molecule has 0 saturated carbocycles. The number of Topliss-reactive ketones (excluding diaryl/α,β-unsaturated/α-hetero) is 1. The van der Waals surface area contributed by atoms with Crippen LogP contribution in [-0.4, -0.2) is 47.2 Å². The molecule has 26 heavy (non-hydrogen) atoms. The van der Waals surface area contributed by atoms with Crippen LogP contribution in [0.4, 0.5) is 5.69 Å². The molecule has 0 spiro atoms. The number of anilines is 1. The molecule has 8 heteroatoms. The first-order valence-electron chi connectivity index (χ1n) is 8.40. The van der Waals surface area contributed by atoms with Crippen molar-refractivity contribution in [1.82, 2.24) is 9.88 Å². The van der Waals surface area contributed by atoms with Crippen LogP contribution in [0.3, 0.4) is 0 Å². The fourth-order valence-electron chi connectivity index (χ4n) is 3.30. The molecule has 0 aliphatic carbocycles. The standard InChI is InChI=1S/C18H17N3O4S/c22-16-8-25-15-2-1-12(7-13(15)20-16)17(23)11-3-5-21(6-4-11)18(24)14-9-26-10-19-14/h1-2,7,9-11H,3-6,8H2,(H,20,22). The summed E-state index contributed by atoms with van der Waals surface area (Å²) in [5.74, 6) is 0.174. The van der Waals surface area contributed by atoms with Gasteiger partial charge in [0.1, 0.15) is 11.4 Å². The third kappa shape index (κ3) is 3.20. The van der Waals surface area contributed by atoms with E-state index in [1.807, 2.05) is 0 Å². The Balaban J connectivity index is 1.42. The number of hydrogen-bond acceptors (Lipinski definition) is 6. The first-order valence-corrected chi connectivity index (χ1v) is 9.34. The number of fused-ring (bicyclic) bond motifs is 1. The Morgan fingerprint density at radius 1 is 1.27 bits per heavy atom. The van der Waals surface area contributed by atoms with Gasteiger partial charge in [-0.1, -0.05) is 0 Å². The number of benzene rings is 1. The molecule has 1 N–H and O–H groups in total. The number of carbonyl (C=O) groups excluding carboxylic acids is 3. The van der Waals surface area contributed by atoms with Crippen molar-refractivity contribution in [2.45, 2.75) is 12.8 Å². The van der Waals surface area contributed by atoms with E-state index in [4.69, 9.17) is 4.74 Å². The highest BCUT2D eigenvalue weighted by Gasteiger charge is 2.29. The Morgan fingerprint density at radius 3 is 2.81 bits per heavy atom. The molecule has 1 saturated heterocycles. The van der Waals surface area contributed by atoms with E-state index in [1.165, 1.54) is 11.3 Å². The molecule has 2 amide bonds. The second-order valence-electron chi connectivity index (χ2n) is 6.35. The van der Waals surface area contributed by atoms with Gasteiger partial charge in [-0.05, 0) is 31.0 Å². The van der Waals surface area contributed by atoms with Crippen molar-refractivity contribution in [3.8, 4) is 5.75 Å². The van der Waals surface area contributed by atoms with Gasteiger partial charge in [0.15, 0.2) is 12.4 Å². The van der Waals surface area contributed by atoms with Crippen LogP contribution in [0.5, 0.6) is 5.75 Å². The van der Waals surface area contributed by atoms with Gasteiger partial charge in [-0.25, -0.2) is 4.98 Å². The maximum Gasteiger partial charge on any atom is 0.273 e. The fourth-order valence-corrected chi connectivity index (χ4v) is 3.82. The van der Waals surface area contributed by atoms with Crippen LogP contribution in [0, 0.1) is 5.92 Å². The molecule has 0 atom stereocenters. The van der Waals surface area contributed by atoms with Gasteiger partial charge in [0.25, 0.3) is 11.8 Å². The molecule has 7 nitrogen and oxygen atoms in total. The van der Waals surface area contributed by atoms with Crippen LogP contribution in [0.2, 0.25) is 0 Å². The van der Waals surface area contributed by atoms with Gasteiger partial charge >= 0.3 is 0 Å². The van der Waals surface area contributed by atoms with Crippen molar-refractivity contribution >= 4 is 34.6 Å². The number of hydrogen-bond donors (Lipinski definition) is 1. The van der Waals surface area contributed by atoms with E-state index < -0.39 is 0 Å². The van der Waals surface area contributed by atoms with Gasteiger partial charge in [-0.2, -0.15) is 0 Å². The summed E-state index contributed by atoms with van der Waals surface area (Å²) in [6.45, 7) is 1.07. The van der Waals surface area contributed by atoms with Crippen LogP contribution in [0.1, 0.15) is 33.7 Å². The van der Waals surface area contributed by atoms with Crippen LogP contribution >= 0.6 is 11.3 Å². The molecule has 0 bridgehead atoms. The summed E-state index contributed by atoms with van der Waals surface area (Å²) in [7, 11) is 0. The molecule has 1 fully saturated rings. The summed E-state index contributed by atoms with van der Waals surface area (Å²) in [5, 5.41) is 4.46. The number of ketones is 1. The van der Waals surface area contributed by atoms with E-state index in [2.05, 4.69) is 10.3 Å². The Kier molecular flexibility index (Phi) is 4.42. The number of ether oxygens (including phenoxy) is 1. The summed E-state index contributed by atoms with van der Waals surface area (Å²) in [6, 6.07) is 5.11. The highest BCUT2D eigenvalue weighted by atomic mass is 32.1. The lowest BCUT2D eigenvalue weighted by Crippen LogP contribution is -2.40. The van der Waals surface area contributed by atoms with Crippen molar-refractivity contribution < 1.29 is 19.1 Å². The monoisotopic (exact) mass is 371 g/mol. The predicted molar refractivity (Wildman–Crippen MR) is 95.6 cm³/mol. The van der Waals surface area contributed by atoms with E-state index in [9.17, 15) is 14.4 Å². The SMILES string of the molecule is O=C1COc2ccc(C(=O)C3CCN(C(=O)c4cscn4)CC3)cc2N1. The predicted octanol–water partition coefficient (Wildman–Crippen LogP) is 2.21. The zero-order chi connectivity index (χ0) is 18.1. The molecule has 4 rings (SSSR count). The smallest absolute Gasteiger partial charge is 0.273 e. The molecule has 134 valence electrons. The van der Waals surface area contributed by atoms with E-state index in [1.54, 1.807) is 34.0 Å². The fraction of sp³-hybridized carbons (Fsp3) is 0.333. The second-order valence-corrected chi connectivity index (χ2v) is 7.07. The number of thiazole rings is 1. The minimum atomic E-state index is -0.226. The van der Waals surface area contributed by atoms with Gasteiger partial charge in [-0.3, -0.25) is 14.4 Å². The van der Waals surface area contributed by atoms with E-state index in [-0.39, 0.29) is 30.1 Å². The molecule has 2 aliphatic heterocycles. The lowest BCUT2D eigenvalue weighted by atomic mass is 9.88. The van der Waals surface area contributed by atoms with E-state index >= 15 is 0 Å². The molecular formula is C18H17N3O4S. The third-order valence-electron chi connectivity index (χ3n) is 4.70. The second kappa shape index (κ2) is 6.87. The van der Waals surface area contributed by atoms with Gasteiger partial charge in [0.05, 0.1) is 11.2 Å². The number of piperidine rings is 1. The Hall–Kier alpha value is -2.74. The number of amides is 2. The largest absolute Gasteiger partial charge is 0.482 e. The first kappa shape index (κ1) is 16.7. The molecule has 1 aromatic heterocycles. The minimum Gasteiger partial charge on any atom is -0.482 e. The van der Waals surface area contributed by atoms with E-state index in [0.29, 0.717) is 48.6 Å². The van der Waals surface area contributed by atoms with Crippen molar-refractivity contribution in [3.63, 3.8) is 0 Å². The quantitative estimate of drug-likeness (QED) is 0.836. The summed E-state index contributed by atoms with van der Waals surface area (Å²) in [4.78, 5) is 42.4. The highest BCUT2D eigenvalue weighted by Crippen LogP contribution is 2.31. The van der Waals surface area contributed by atoms with Crippen molar-refractivity contribution in [2.75, 3.05) is 25.0 Å². The topological polar surface area (TPSA) is 88.6 Å². The van der Waals surface area contributed by atoms with Crippen molar-refractivity contribution in [3.05, 3.63) is 40.3 Å². The average Bonchev–Trinajstić information content (AvgIpc) is 3.21. The molecule has 0 unspecified atom stereocenters. The molecule has 0 radical (unpaired) electrons. The zero-order valence-corrected chi connectivity index (χ0v) is 14.8. The Labute approximate surface area is 154 Å². The van der Waals surface area contributed by atoms with Crippen LogP contribution in [0.15, 0.2) is 29.1 Å². The highest BCUT2D eigenvalue weighted by molar-refractivity contribution is 7.07.